The van der Waals surface area contributed by atoms with Gasteiger partial charge in [-0.05, 0) is 48.5 Å². The molecule has 0 unspecified atom stereocenters. The van der Waals surface area contributed by atoms with Crippen LogP contribution in [0.1, 0.15) is 26.4 Å². The van der Waals surface area contributed by atoms with Crippen molar-refractivity contribution < 1.29 is 19.4 Å². The lowest BCUT2D eigenvalue weighted by Crippen LogP contribution is -2.87. The largest absolute Gasteiger partial charge is 0.481 e. The van der Waals surface area contributed by atoms with E-state index in [2.05, 4.69) is 10.5 Å². The van der Waals surface area contributed by atoms with Crippen LogP contribution in [-0.4, -0.2) is 28.7 Å². The first-order valence-corrected chi connectivity index (χ1v) is 10.1. The Morgan fingerprint density at radius 2 is 1.74 bits per heavy atom. The number of hydrazone groups is 1. The molecule has 7 nitrogen and oxygen atoms in total. The zero-order valence-electron chi connectivity index (χ0n) is 16.3. The minimum absolute atomic E-state index is 0.0217. The summed E-state index contributed by atoms with van der Waals surface area (Å²) in [6.45, 7) is 0.0217. The minimum atomic E-state index is -0.488. The Labute approximate surface area is 193 Å². The van der Waals surface area contributed by atoms with Gasteiger partial charge in [-0.1, -0.05) is 34.8 Å². The van der Waals surface area contributed by atoms with Gasteiger partial charge in [0.25, 0.3) is 0 Å². The third-order valence-corrected chi connectivity index (χ3v) is 5.02. The van der Waals surface area contributed by atoms with Gasteiger partial charge < -0.3 is 9.30 Å². The highest BCUT2D eigenvalue weighted by Crippen LogP contribution is 2.24. The maximum atomic E-state index is 12.7. The molecule has 0 spiro atoms. The number of carbonyl (C=O) groups is 2. The first kappa shape index (κ1) is 22.7. The highest BCUT2D eigenvalue weighted by atomic mass is 35.5. The fourth-order valence-electron chi connectivity index (χ4n) is 2.67. The van der Waals surface area contributed by atoms with Gasteiger partial charge in [-0.25, -0.2) is 0 Å². The summed E-state index contributed by atoms with van der Waals surface area (Å²) in [6, 6.07) is 12.8. The molecule has 0 atom stereocenters. The molecular weight excluding hydrogens is 463 g/mol. The standard InChI is InChI=1S/C21H17Cl3N4O3/c1-28-10-12(20(29)16-7-4-14(23)9-17(16)24)8-18(28)21(30)27-26-19(25)11-31-15-5-2-13(22)3-6-15/h2-10H,11H2,1H3,(H2,25,26)(H,27,30)/p+1. The predicted octanol–water partition coefficient (Wildman–Crippen LogP) is 2.38. The number of nitrogens with two attached hydrogens (primary N) is 1. The molecule has 1 amide bonds. The van der Waals surface area contributed by atoms with Crippen LogP contribution in [0, 0.1) is 0 Å². The van der Waals surface area contributed by atoms with Gasteiger partial charge in [0, 0.05) is 34.4 Å². The molecule has 3 aromatic rings. The fourth-order valence-corrected chi connectivity index (χ4v) is 3.29. The molecule has 0 fully saturated rings. The average molecular weight is 481 g/mol. The summed E-state index contributed by atoms with van der Waals surface area (Å²) in [5, 5.41) is 3.84. The molecule has 31 heavy (non-hydrogen) atoms. The van der Waals surface area contributed by atoms with Gasteiger partial charge in [0.05, 0.1) is 5.02 Å². The number of halogens is 3. The lowest BCUT2D eigenvalue weighted by Gasteiger charge is -2.04. The molecule has 0 bridgehead atoms. The fraction of sp³-hybridized carbons (Fsp3) is 0.0952. The summed E-state index contributed by atoms with van der Waals surface area (Å²) in [5.74, 6) is -0.0569. The molecule has 1 heterocycles. The summed E-state index contributed by atoms with van der Waals surface area (Å²) in [4.78, 5) is 25.2. The second kappa shape index (κ2) is 9.87. The van der Waals surface area contributed by atoms with E-state index in [1.54, 1.807) is 43.6 Å². The van der Waals surface area contributed by atoms with Crippen LogP contribution in [0.5, 0.6) is 5.75 Å². The Kier molecular flexibility index (Phi) is 7.22. The molecule has 0 radical (unpaired) electrons. The number of ether oxygens (including phenoxy) is 1. The van der Waals surface area contributed by atoms with Gasteiger partial charge >= 0.3 is 11.7 Å². The highest BCUT2D eigenvalue weighted by Gasteiger charge is 2.19. The zero-order chi connectivity index (χ0) is 22.5. The van der Waals surface area contributed by atoms with Crippen molar-refractivity contribution in [1.82, 2.24) is 9.99 Å². The van der Waals surface area contributed by atoms with E-state index >= 15 is 0 Å². The predicted molar refractivity (Wildman–Crippen MR) is 120 cm³/mol. The number of benzene rings is 2. The first-order valence-electron chi connectivity index (χ1n) is 8.96. The molecule has 1 aromatic heterocycles. The number of carbonyl (C=O) groups excluding carboxylic acids is 2. The minimum Gasteiger partial charge on any atom is -0.481 e. The van der Waals surface area contributed by atoms with Crippen molar-refractivity contribution in [1.29, 1.82) is 0 Å². The van der Waals surface area contributed by atoms with Crippen LogP contribution in [0.3, 0.4) is 0 Å². The number of hydrogen-bond acceptors (Lipinski definition) is 3. The Morgan fingerprint density at radius 3 is 2.42 bits per heavy atom. The molecule has 0 aliphatic carbocycles. The molecule has 0 saturated carbocycles. The summed E-state index contributed by atoms with van der Waals surface area (Å²) in [5.41, 5.74) is 9.13. The average Bonchev–Trinajstić information content (AvgIpc) is 3.13. The second-order valence-corrected chi connectivity index (χ2v) is 7.81. The van der Waals surface area contributed by atoms with E-state index in [1.165, 1.54) is 22.8 Å². The number of nitrogens with zero attached hydrogens (tertiary/aromatic N) is 1. The van der Waals surface area contributed by atoms with Gasteiger partial charge in [-0.3, -0.25) is 15.3 Å². The number of ketones is 1. The number of nitrogens with one attached hydrogen (secondary N) is 2. The Morgan fingerprint density at radius 1 is 1.06 bits per heavy atom. The normalized spacial score (nSPS) is 11.3. The number of rotatable bonds is 7. The van der Waals surface area contributed by atoms with Crippen LogP contribution in [0.25, 0.3) is 0 Å². The van der Waals surface area contributed by atoms with Crippen molar-refractivity contribution in [2.45, 2.75) is 0 Å². The van der Waals surface area contributed by atoms with Gasteiger partial charge in [-0.15, -0.1) is 0 Å². The maximum absolute atomic E-state index is 12.7. The third-order valence-electron chi connectivity index (χ3n) is 4.22. The number of aryl methyl sites for hydroxylation is 1. The molecule has 0 aliphatic heterocycles. The van der Waals surface area contributed by atoms with Crippen LogP contribution >= 0.6 is 34.8 Å². The van der Waals surface area contributed by atoms with Crippen molar-refractivity contribution in [3.8, 4) is 5.75 Å². The van der Waals surface area contributed by atoms with Crippen LogP contribution in [-0.2, 0) is 7.05 Å². The van der Waals surface area contributed by atoms with E-state index in [-0.39, 0.29) is 28.9 Å². The number of hydrogen-bond donors (Lipinski definition) is 3. The number of amides is 1. The zero-order valence-corrected chi connectivity index (χ0v) is 18.6. The monoisotopic (exact) mass is 479 g/mol. The van der Waals surface area contributed by atoms with Crippen molar-refractivity contribution in [2.75, 3.05) is 6.61 Å². The van der Waals surface area contributed by atoms with Crippen molar-refractivity contribution >= 4 is 52.3 Å². The SMILES string of the molecule is Cn1cc(C(=O)c2ccc(Cl)cc2Cl)cc1C(=O)N[NH+]=C(N)COc1ccc(Cl)cc1. The van der Waals surface area contributed by atoms with Crippen molar-refractivity contribution in [2.24, 2.45) is 12.8 Å². The van der Waals surface area contributed by atoms with Crippen LogP contribution in [0.2, 0.25) is 15.1 Å². The lowest BCUT2D eigenvalue weighted by atomic mass is 10.1. The Hall–Kier alpha value is -3.00. The van der Waals surface area contributed by atoms with Crippen LogP contribution in [0.15, 0.2) is 54.7 Å². The number of aromatic nitrogens is 1. The van der Waals surface area contributed by atoms with Crippen LogP contribution in [0.4, 0.5) is 0 Å². The van der Waals surface area contributed by atoms with E-state index in [9.17, 15) is 9.59 Å². The quantitative estimate of drug-likeness (QED) is 0.209. The molecular formula is C21H18Cl3N4O3+. The van der Waals surface area contributed by atoms with E-state index in [1.807, 2.05) is 0 Å². The maximum Gasteiger partial charge on any atom is 0.302 e. The molecule has 0 aliphatic rings. The molecule has 0 saturated heterocycles. The lowest BCUT2D eigenvalue weighted by molar-refractivity contribution is -0.510. The topological polar surface area (TPSA) is 100 Å². The third kappa shape index (κ3) is 5.79. The van der Waals surface area contributed by atoms with Gasteiger partial charge in [0.1, 0.15) is 11.4 Å². The second-order valence-electron chi connectivity index (χ2n) is 6.53. The van der Waals surface area contributed by atoms with Gasteiger partial charge in [-0.2, -0.15) is 10.5 Å². The van der Waals surface area contributed by atoms with Gasteiger partial charge in [0.2, 0.25) is 0 Å². The summed E-state index contributed by atoms with van der Waals surface area (Å²) in [6.07, 6.45) is 1.54. The first-order chi connectivity index (χ1) is 14.7. The van der Waals surface area contributed by atoms with E-state index in [0.717, 1.165) is 0 Å². The Bertz CT molecular complexity index is 1160. The molecule has 160 valence electrons. The van der Waals surface area contributed by atoms with Crippen LogP contribution < -0.4 is 21.0 Å². The van der Waals surface area contributed by atoms with Crippen molar-refractivity contribution in [3.63, 3.8) is 0 Å². The summed E-state index contributed by atoms with van der Waals surface area (Å²) >= 11 is 17.8. The summed E-state index contributed by atoms with van der Waals surface area (Å²) < 4.78 is 7.00. The van der Waals surface area contributed by atoms with E-state index in [4.69, 9.17) is 45.3 Å². The van der Waals surface area contributed by atoms with E-state index in [0.29, 0.717) is 26.9 Å². The molecule has 4 N–H and O–H groups in total. The van der Waals surface area contributed by atoms with E-state index < -0.39 is 5.91 Å². The number of amidine groups is 1. The van der Waals surface area contributed by atoms with Gasteiger partial charge in [0.15, 0.2) is 12.4 Å². The van der Waals surface area contributed by atoms with Crippen molar-refractivity contribution in [3.05, 3.63) is 86.6 Å². The molecule has 2 aromatic carbocycles. The smallest absolute Gasteiger partial charge is 0.302 e. The number of hydrazine groups is 1. The highest BCUT2D eigenvalue weighted by molar-refractivity contribution is 6.37. The summed E-state index contributed by atoms with van der Waals surface area (Å²) in [7, 11) is 1.64. The Balaban J connectivity index is 1.65. The molecule has 10 heteroatoms. The molecule has 3 rings (SSSR count).